The third kappa shape index (κ3) is 3.76. The molecule has 3 rings (SSSR count). The summed E-state index contributed by atoms with van der Waals surface area (Å²) >= 11 is 3.45. The number of unbranched alkanes of at least 4 members (excludes halogenated alkanes) is 2. The topological polar surface area (TPSA) is 69.0 Å². The summed E-state index contributed by atoms with van der Waals surface area (Å²) < 4.78 is 8.21. The van der Waals surface area contributed by atoms with Crippen LogP contribution in [0, 0.1) is 0 Å². The Morgan fingerprint density at radius 1 is 1.32 bits per heavy atom. The van der Waals surface area contributed by atoms with Gasteiger partial charge in [0.15, 0.2) is 0 Å². The maximum absolute atomic E-state index is 12.8. The number of rotatable bonds is 6. The highest BCUT2D eigenvalue weighted by Gasteiger charge is 2.34. The molecule has 1 aromatic heterocycles. The van der Waals surface area contributed by atoms with Crippen molar-refractivity contribution in [2.24, 2.45) is 0 Å². The Kier molecular flexibility index (Phi) is 5.53. The van der Waals surface area contributed by atoms with Crippen LogP contribution in [0.4, 0.5) is 5.95 Å². The fourth-order valence-corrected chi connectivity index (χ4v) is 3.17. The first kappa shape index (κ1) is 17.7. The van der Waals surface area contributed by atoms with Crippen LogP contribution >= 0.6 is 15.9 Å². The molecule has 0 saturated heterocycles. The zero-order valence-electron chi connectivity index (χ0n) is 14.3. The predicted molar refractivity (Wildman–Crippen MR) is 99.1 cm³/mol. The molecule has 1 unspecified atom stereocenters. The number of hydrogen-bond donors (Lipinski definition) is 1. The highest BCUT2D eigenvalue weighted by molar-refractivity contribution is 9.10. The third-order valence-electron chi connectivity index (χ3n) is 4.18. The number of anilines is 1. The van der Waals surface area contributed by atoms with E-state index in [1.165, 1.54) is 6.33 Å². The average molecular weight is 405 g/mol. The minimum Gasteiger partial charge on any atom is -0.462 e. The van der Waals surface area contributed by atoms with Crippen LogP contribution in [0.2, 0.25) is 0 Å². The molecule has 0 radical (unpaired) electrons. The number of fused-ring (bicyclic) bond motifs is 1. The van der Waals surface area contributed by atoms with Gasteiger partial charge in [-0.3, -0.25) is 0 Å². The Bertz CT molecular complexity index is 783. The normalized spacial score (nSPS) is 16.4. The summed E-state index contributed by atoms with van der Waals surface area (Å²) in [5, 5.41) is 7.45. The van der Waals surface area contributed by atoms with Gasteiger partial charge in [0.2, 0.25) is 5.95 Å². The lowest BCUT2D eigenvalue weighted by atomic mass is 9.96. The van der Waals surface area contributed by atoms with E-state index in [1.807, 2.05) is 31.2 Å². The minimum absolute atomic E-state index is 0.310. The number of benzene rings is 1. The smallest absolute Gasteiger partial charge is 0.338 e. The van der Waals surface area contributed by atoms with Crippen LogP contribution in [-0.4, -0.2) is 27.3 Å². The van der Waals surface area contributed by atoms with Crippen LogP contribution in [0.5, 0.6) is 0 Å². The van der Waals surface area contributed by atoms with Gasteiger partial charge in [-0.15, -0.1) is 0 Å². The minimum atomic E-state index is -0.356. The highest BCUT2D eigenvalue weighted by atomic mass is 79.9. The quantitative estimate of drug-likeness (QED) is 0.580. The summed E-state index contributed by atoms with van der Waals surface area (Å²) in [4.78, 5) is 17.0. The standard InChI is InChI=1S/C18H21BrN4O2/c1-3-4-5-10-25-17(24)15-12(2)22-18-20-11-21-23(18)16(15)13-6-8-14(19)9-7-13/h6-9,11,16H,3-5,10H2,1-2H3,(H,20,21,22). The van der Waals surface area contributed by atoms with Gasteiger partial charge in [-0.2, -0.15) is 10.1 Å². The van der Waals surface area contributed by atoms with Crippen LogP contribution in [0.3, 0.4) is 0 Å². The molecule has 0 spiro atoms. The summed E-state index contributed by atoms with van der Waals surface area (Å²) in [7, 11) is 0. The number of halogens is 1. The fourth-order valence-electron chi connectivity index (χ4n) is 2.90. The monoisotopic (exact) mass is 404 g/mol. The van der Waals surface area contributed by atoms with E-state index in [9.17, 15) is 4.79 Å². The van der Waals surface area contributed by atoms with Crippen LogP contribution in [0.25, 0.3) is 0 Å². The number of allylic oxidation sites excluding steroid dienone is 1. The molecule has 2 aromatic rings. The Labute approximate surface area is 155 Å². The van der Waals surface area contributed by atoms with E-state index in [4.69, 9.17) is 4.74 Å². The van der Waals surface area contributed by atoms with E-state index in [2.05, 4.69) is 38.3 Å². The molecule has 6 nitrogen and oxygen atoms in total. The van der Waals surface area contributed by atoms with Crippen molar-refractivity contribution in [1.29, 1.82) is 0 Å². The maximum Gasteiger partial charge on any atom is 0.338 e. The van der Waals surface area contributed by atoms with Gasteiger partial charge in [0.1, 0.15) is 12.4 Å². The second-order valence-corrected chi connectivity index (χ2v) is 6.90. The lowest BCUT2D eigenvalue weighted by molar-refractivity contribution is -0.139. The Morgan fingerprint density at radius 2 is 2.08 bits per heavy atom. The van der Waals surface area contributed by atoms with Gasteiger partial charge in [0, 0.05) is 10.2 Å². The molecule has 2 heterocycles. The molecule has 1 aliphatic heterocycles. The van der Waals surface area contributed by atoms with Gasteiger partial charge >= 0.3 is 5.97 Å². The molecule has 25 heavy (non-hydrogen) atoms. The largest absolute Gasteiger partial charge is 0.462 e. The summed E-state index contributed by atoms with van der Waals surface area (Å²) in [6.07, 6.45) is 4.49. The van der Waals surface area contributed by atoms with Crippen molar-refractivity contribution in [3.05, 3.63) is 51.9 Å². The third-order valence-corrected chi connectivity index (χ3v) is 4.71. The van der Waals surface area contributed by atoms with Gasteiger partial charge < -0.3 is 10.1 Å². The average Bonchev–Trinajstić information content (AvgIpc) is 3.06. The zero-order valence-corrected chi connectivity index (χ0v) is 15.9. The van der Waals surface area contributed by atoms with Crippen molar-refractivity contribution >= 4 is 27.8 Å². The SMILES string of the molecule is CCCCCOC(=O)C1=C(C)Nc2ncnn2C1c1ccc(Br)cc1. The molecule has 7 heteroatoms. The molecule has 1 aliphatic rings. The van der Waals surface area contributed by atoms with E-state index in [-0.39, 0.29) is 12.0 Å². The highest BCUT2D eigenvalue weighted by Crippen LogP contribution is 2.35. The van der Waals surface area contributed by atoms with Crippen molar-refractivity contribution in [1.82, 2.24) is 14.8 Å². The number of nitrogens with zero attached hydrogens (tertiary/aromatic N) is 3. The molecule has 0 saturated carbocycles. The van der Waals surface area contributed by atoms with Gasteiger partial charge in [0.25, 0.3) is 0 Å². The van der Waals surface area contributed by atoms with Crippen molar-refractivity contribution in [2.75, 3.05) is 11.9 Å². The number of esters is 1. The molecule has 1 aromatic carbocycles. The van der Waals surface area contributed by atoms with Crippen LogP contribution in [-0.2, 0) is 9.53 Å². The van der Waals surface area contributed by atoms with Crippen molar-refractivity contribution < 1.29 is 9.53 Å². The number of carbonyl (C=O) groups is 1. The van der Waals surface area contributed by atoms with E-state index in [0.29, 0.717) is 18.1 Å². The molecule has 0 aliphatic carbocycles. The van der Waals surface area contributed by atoms with Crippen LogP contribution in [0.15, 0.2) is 46.3 Å². The summed E-state index contributed by atoms with van der Waals surface area (Å²) in [5.74, 6) is 0.308. The van der Waals surface area contributed by atoms with Gasteiger partial charge in [-0.05, 0) is 31.0 Å². The fraction of sp³-hybridized carbons (Fsp3) is 0.389. The second kappa shape index (κ2) is 7.82. The van der Waals surface area contributed by atoms with Gasteiger partial charge in [-0.1, -0.05) is 47.8 Å². The van der Waals surface area contributed by atoms with Gasteiger partial charge in [-0.25, -0.2) is 9.48 Å². The van der Waals surface area contributed by atoms with Crippen molar-refractivity contribution in [3.63, 3.8) is 0 Å². The van der Waals surface area contributed by atoms with E-state index in [0.717, 1.165) is 35.0 Å². The van der Waals surface area contributed by atoms with Crippen molar-refractivity contribution in [3.8, 4) is 0 Å². The molecule has 0 fully saturated rings. The number of nitrogens with one attached hydrogen (secondary N) is 1. The first-order valence-corrected chi connectivity index (χ1v) is 9.21. The van der Waals surface area contributed by atoms with E-state index >= 15 is 0 Å². The Hall–Kier alpha value is -2.15. The predicted octanol–water partition coefficient (Wildman–Crippen LogP) is 4.06. The van der Waals surface area contributed by atoms with E-state index < -0.39 is 0 Å². The molecular formula is C18H21BrN4O2. The summed E-state index contributed by atoms with van der Waals surface area (Å²) in [6, 6.07) is 7.50. The van der Waals surface area contributed by atoms with Gasteiger partial charge in [0.05, 0.1) is 12.2 Å². The first-order chi connectivity index (χ1) is 12.1. The van der Waals surface area contributed by atoms with E-state index in [1.54, 1.807) is 4.68 Å². The molecule has 132 valence electrons. The van der Waals surface area contributed by atoms with Crippen LogP contribution < -0.4 is 5.32 Å². The second-order valence-electron chi connectivity index (χ2n) is 5.99. The number of hydrogen-bond acceptors (Lipinski definition) is 5. The Balaban J connectivity index is 1.92. The number of aromatic nitrogens is 3. The molecule has 0 bridgehead atoms. The molecule has 1 atom stereocenters. The lowest BCUT2D eigenvalue weighted by Gasteiger charge is -2.28. The molecule has 1 N–H and O–H groups in total. The Morgan fingerprint density at radius 3 is 2.80 bits per heavy atom. The maximum atomic E-state index is 12.8. The number of ether oxygens (including phenoxy) is 1. The van der Waals surface area contributed by atoms with Crippen molar-refractivity contribution in [2.45, 2.75) is 39.2 Å². The zero-order chi connectivity index (χ0) is 17.8. The number of carbonyl (C=O) groups excluding carboxylic acids is 1. The summed E-state index contributed by atoms with van der Waals surface area (Å²) in [5.41, 5.74) is 2.27. The van der Waals surface area contributed by atoms with Crippen LogP contribution in [0.1, 0.15) is 44.7 Å². The molecule has 0 amide bonds. The summed E-state index contributed by atoms with van der Waals surface area (Å²) in [6.45, 7) is 4.42. The first-order valence-electron chi connectivity index (χ1n) is 8.41. The molecular weight excluding hydrogens is 384 g/mol. The lowest BCUT2D eigenvalue weighted by Crippen LogP contribution is -2.29.